The van der Waals surface area contributed by atoms with E-state index in [-0.39, 0.29) is 10.5 Å². The molecule has 1 heterocycles. The Labute approximate surface area is 149 Å². The molecule has 1 aromatic heterocycles. The van der Waals surface area contributed by atoms with Crippen molar-refractivity contribution >= 4 is 42.4 Å². The van der Waals surface area contributed by atoms with Gasteiger partial charge in [-0.25, -0.2) is 13.4 Å². The van der Waals surface area contributed by atoms with Crippen molar-refractivity contribution in [1.29, 1.82) is 0 Å². The number of aromatic nitrogens is 1. The summed E-state index contributed by atoms with van der Waals surface area (Å²) < 4.78 is 29.5. The van der Waals surface area contributed by atoms with Crippen molar-refractivity contribution in [2.24, 2.45) is 0 Å². The molecule has 0 bridgehead atoms. The number of carbonyl (C=O) groups is 1. The normalized spacial score (nSPS) is 11.5. The molecule has 0 aliphatic rings. The van der Waals surface area contributed by atoms with Gasteiger partial charge < -0.3 is 4.74 Å². The molecule has 0 saturated carbocycles. The Kier molecular flexibility index (Phi) is 4.49. The Balaban J connectivity index is 1.94. The minimum atomic E-state index is -3.38. The number of hydrogen-bond donors (Lipinski definition) is 1. The van der Waals surface area contributed by atoms with Gasteiger partial charge in [-0.1, -0.05) is 23.5 Å². The Morgan fingerprint density at radius 3 is 2.68 bits per heavy atom. The van der Waals surface area contributed by atoms with Crippen LogP contribution in [-0.4, -0.2) is 32.7 Å². The lowest BCUT2D eigenvalue weighted by Crippen LogP contribution is -2.12. The van der Waals surface area contributed by atoms with Crippen LogP contribution in [0.2, 0.25) is 0 Å². The molecule has 8 heteroatoms. The zero-order valence-corrected chi connectivity index (χ0v) is 15.5. The molecule has 1 N–H and O–H groups in total. The summed E-state index contributed by atoms with van der Waals surface area (Å²) in [6.07, 6.45) is 1.10. The molecule has 0 radical (unpaired) electrons. The van der Waals surface area contributed by atoms with E-state index in [9.17, 15) is 13.2 Å². The summed E-state index contributed by atoms with van der Waals surface area (Å²) in [4.78, 5) is 17.0. The van der Waals surface area contributed by atoms with Crippen LogP contribution in [-0.2, 0) is 9.84 Å². The Morgan fingerprint density at radius 2 is 2.00 bits per heavy atom. The molecule has 3 aromatic rings. The highest BCUT2D eigenvalue weighted by Crippen LogP contribution is 2.34. The van der Waals surface area contributed by atoms with Crippen LogP contribution < -0.4 is 10.1 Å². The molecular weight excluding hydrogens is 360 g/mol. The van der Waals surface area contributed by atoms with E-state index in [1.54, 1.807) is 13.2 Å². The van der Waals surface area contributed by atoms with Gasteiger partial charge in [0.15, 0.2) is 15.0 Å². The van der Waals surface area contributed by atoms with Crippen molar-refractivity contribution in [2.75, 3.05) is 18.7 Å². The second-order valence-corrected chi connectivity index (χ2v) is 8.55. The lowest BCUT2D eigenvalue weighted by Gasteiger charge is -2.04. The van der Waals surface area contributed by atoms with Crippen molar-refractivity contribution in [3.63, 3.8) is 0 Å². The molecule has 0 spiro atoms. The second-order valence-electron chi connectivity index (χ2n) is 5.54. The number of carbonyl (C=O) groups excluding carboxylic acids is 1. The first-order valence-electron chi connectivity index (χ1n) is 7.35. The number of aryl methyl sites for hydroxylation is 1. The number of fused-ring (bicyclic) bond motifs is 1. The molecule has 0 aliphatic carbocycles. The summed E-state index contributed by atoms with van der Waals surface area (Å²) in [5.41, 5.74) is 1.98. The van der Waals surface area contributed by atoms with E-state index in [1.807, 2.05) is 19.1 Å². The van der Waals surface area contributed by atoms with Crippen LogP contribution in [0, 0.1) is 6.92 Å². The van der Waals surface area contributed by atoms with Gasteiger partial charge in [-0.05, 0) is 36.8 Å². The van der Waals surface area contributed by atoms with E-state index >= 15 is 0 Å². The summed E-state index contributed by atoms with van der Waals surface area (Å²) in [6.45, 7) is 1.96. The molecule has 25 heavy (non-hydrogen) atoms. The fourth-order valence-electron chi connectivity index (χ4n) is 2.37. The average Bonchev–Trinajstić information content (AvgIpc) is 2.99. The monoisotopic (exact) mass is 376 g/mol. The summed E-state index contributed by atoms with van der Waals surface area (Å²) in [7, 11) is -1.81. The van der Waals surface area contributed by atoms with E-state index < -0.39 is 15.7 Å². The standard InChI is InChI=1S/C17H16N2O4S2/c1-10-7-8-13(23-2)14-15(10)24-17(18-14)19-16(20)11-5-4-6-12(9-11)25(3,21)22/h4-9H,1-3H3,(H,18,19,20). The Hall–Kier alpha value is -2.45. The number of ether oxygens (including phenoxy) is 1. The van der Waals surface area contributed by atoms with Gasteiger partial charge in [-0.15, -0.1) is 0 Å². The molecular formula is C17H16N2O4S2. The molecule has 0 atom stereocenters. The van der Waals surface area contributed by atoms with Crippen LogP contribution in [0.15, 0.2) is 41.3 Å². The largest absolute Gasteiger partial charge is 0.494 e. The van der Waals surface area contributed by atoms with Crippen LogP contribution in [0.5, 0.6) is 5.75 Å². The van der Waals surface area contributed by atoms with Crippen molar-refractivity contribution in [2.45, 2.75) is 11.8 Å². The minimum Gasteiger partial charge on any atom is -0.494 e. The lowest BCUT2D eigenvalue weighted by atomic mass is 10.2. The Morgan fingerprint density at radius 1 is 1.24 bits per heavy atom. The maximum Gasteiger partial charge on any atom is 0.257 e. The first-order chi connectivity index (χ1) is 11.8. The van der Waals surface area contributed by atoms with Gasteiger partial charge in [-0.3, -0.25) is 10.1 Å². The third-order valence-electron chi connectivity index (χ3n) is 3.67. The number of amides is 1. The first-order valence-corrected chi connectivity index (χ1v) is 10.1. The smallest absolute Gasteiger partial charge is 0.257 e. The number of rotatable bonds is 4. The number of benzene rings is 2. The molecule has 1 amide bonds. The number of nitrogens with one attached hydrogen (secondary N) is 1. The molecule has 130 valence electrons. The zero-order valence-electron chi connectivity index (χ0n) is 13.9. The van der Waals surface area contributed by atoms with E-state index in [1.165, 1.54) is 29.5 Å². The summed E-state index contributed by atoms with van der Waals surface area (Å²) in [5, 5.41) is 3.15. The van der Waals surface area contributed by atoms with Crippen molar-refractivity contribution in [3.05, 3.63) is 47.5 Å². The first kappa shape index (κ1) is 17.4. The van der Waals surface area contributed by atoms with Crippen LogP contribution >= 0.6 is 11.3 Å². The van der Waals surface area contributed by atoms with Gasteiger partial charge in [0.25, 0.3) is 5.91 Å². The third kappa shape index (κ3) is 3.49. The van der Waals surface area contributed by atoms with Crippen LogP contribution in [0.4, 0.5) is 5.13 Å². The number of anilines is 1. The number of hydrogen-bond acceptors (Lipinski definition) is 6. The van der Waals surface area contributed by atoms with Gasteiger partial charge in [0.1, 0.15) is 11.3 Å². The molecule has 0 unspecified atom stereocenters. The summed E-state index contributed by atoms with van der Waals surface area (Å²) in [6, 6.07) is 9.67. The number of nitrogens with zero attached hydrogens (tertiary/aromatic N) is 1. The van der Waals surface area contributed by atoms with Crippen molar-refractivity contribution in [1.82, 2.24) is 4.98 Å². The molecule has 2 aromatic carbocycles. The molecule has 0 aliphatic heterocycles. The van der Waals surface area contributed by atoms with Gasteiger partial charge in [-0.2, -0.15) is 0 Å². The van der Waals surface area contributed by atoms with Crippen LogP contribution in [0.1, 0.15) is 15.9 Å². The van der Waals surface area contributed by atoms with Gasteiger partial charge in [0.2, 0.25) is 0 Å². The van der Waals surface area contributed by atoms with Crippen molar-refractivity contribution in [3.8, 4) is 5.75 Å². The van der Waals surface area contributed by atoms with E-state index in [2.05, 4.69) is 10.3 Å². The number of sulfone groups is 1. The predicted octanol–water partition coefficient (Wildman–Crippen LogP) is 3.27. The quantitative estimate of drug-likeness (QED) is 0.755. The Bertz CT molecular complexity index is 1070. The van der Waals surface area contributed by atoms with Gasteiger partial charge >= 0.3 is 0 Å². The van der Waals surface area contributed by atoms with Crippen molar-refractivity contribution < 1.29 is 17.9 Å². The fourth-order valence-corrected chi connectivity index (χ4v) is 3.98. The number of methoxy groups -OCH3 is 1. The second kappa shape index (κ2) is 6.45. The predicted molar refractivity (Wildman–Crippen MR) is 98.4 cm³/mol. The van der Waals surface area contributed by atoms with E-state index in [4.69, 9.17) is 4.74 Å². The average molecular weight is 376 g/mol. The van der Waals surface area contributed by atoms with Gasteiger partial charge in [0, 0.05) is 11.8 Å². The number of thiazole rings is 1. The van der Waals surface area contributed by atoms with Crippen LogP contribution in [0.25, 0.3) is 10.2 Å². The SMILES string of the molecule is COc1ccc(C)c2sc(NC(=O)c3cccc(S(C)(=O)=O)c3)nc12. The maximum absolute atomic E-state index is 12.4. The third-order valence-corrected chi connectivity index (χ3v) is 5.88. The fraction of sp³-hybridized carbons (Fsp3) is 0.176. The van der Waals surface area contributed by atoms with E-state index in [0.717, 1.165) is 16.5 Å². The maximum atomic E-state index is 12.4. The van der Waals surface area contributed by atoms with E-state index in [0.29, 0.717) is 16.4 Å². The molecule has 0 fully saturated rings. The lowest BCUT2D eigenvalue weighted by molar-refractivity contribution is 0.102. The topological polar surface area (TPSA) is 85.4 Å². The highest BCUT2D eigenvalue weighted by molar-refractivity contribution is 7.90. The molecule has 6 nitrogen and oxygen atoms in total. The van der Waals surface area contributed by atoms with Crippen LogP contribution in [0.3, 0.4) is 0 Å². The summed E-state index contributed by atoms with van der Waals surface area (Å²) >= 11 is 1.34. The minimum absolute atomic E-state index is 0.0990. The highest BCUT2D eigenvalue weighted by Gasteiger charge is 2.15. The molecule has 3 rings (SSSR count). The van der Waals surface area contributed by atoms with Gasteiger partial charge in [0.05, 0.1) is 16.7 Å². The molecule has 0 saturated heterocycles. The highest BCUT2D eigenvalue weighted by atomic mass is 32.2. The zero-order chi connectivity index (χ0) is 18.2. The summed E-state index contributed by atoms with van der Waals surface area (Å²) in [5.74, 6) is 0.220.